The number of hydrogen-bond acceptors (Lipinski definition) is 4. The minimum absolute atomic E-state index is 0.349. The third-order valence-corrected chi connectivity index (χ3v) is 4.48. The van der Waals surface area contributed by atoms with E-state index in [1.807, 2.05) is 18.2 Å². The van der Waals surface area contributed by atoms with Crippen molar-refractivity contribution < 1.29 is 4.52 Å². The maximum absolute atomic E-state index is 5.97. The van der Waals surface area contributed by atoms with Crippen LogP contribution in [0.15, 0.2) is 27.2 Å². The Kier molecular flexibility index (Phi) is 3.86. The molecule has 2 heterocycles. The number of nitrogens with one attached hydrogen (secondary N) is 1. The van der Waals surface area contributed by atoms with Crippen LogP contribution in [0.25, 0.3) is 11.5 Å². The van der Waals surface area contributed by atoms with Gasteiger partial charge in [-0.05, 0) is 53.5 Å². The molecule has 19 heavy (non-hydrogen) atoms. The Morgan fingerprint density at radius 1 is 1.42 bits per heavy atom. The summed E-state index contributed by atoms with van der Waals surface area (Å²) in [5.74, 6) is 1.67. The predicted octanol–water partition coefficient (Wildman–Crippen LogP) is 3.62. The first kappa shape index (κ1) is 13.1. The van der Waals surface area contributed by atoms with Gasteiger partial charge in [0.15, 0.2) is 5.82 Å². The van der Waals surface area contributed by atoms with Crippen LogP contribution in [0.2, 0.25) is 5.02 Å². The molecule has 0 radical (unpaired) electrons. The van der Waals surface area contributed by atoms with E-state index in [-0.39, 0.29) is 0 Å². The zero-order valence-corrected chi connectivity index (χ0v) is 12.5. The molecule has 1 atom stereocenters. The Morgan fingerprint density at radius 3 is 3.05 bits per heavy atom. The molecule has 1 aliphatic rings. The highest BCUT2D eigenvalue weighted by Gasteiger charge is 2.21. The molecule has 1 saturated heterocycles. The maximum Gasteiger partial charge on any atom is 0.257 e. The molecule has 6 heteroatoms. The van der Waals surface area contributed by atoms with Crippen LogP contribution in [0, 0.1) is 0 Å². The largest absolute Gasteiger partial charge is 0.334 e. The molecule has 1 aromatic heterocycles. The Hall–Kier alpha value is -0.910. The summed E-state index contributed by atoms with van der Waals surface area (Å²) in [6, 6.07) is 5.58. The highest BCUT2D eigenvalue weighted by molar-refractivity contribution is 9.10. The first-order valence-corrected chi connectivity index (χ1v) is 7.41. The van der Waals surface area contributed by atoms with Crippen molar-refractivity contribution in [3.8, 4) is 11.5 Å². The number of rotatable bonds is 2. The summed E-state index contributed by atoms with van der Waals surface area (Å²) < 4.78 is 6.17. The van der Waals surface area contributed by atoms with Crippen LogP contribution >= 0.6 is 27.5 Å². The first-order chi connectivity index (χ1) is 9.24. The zero-order valence-electron chi connectivity index (χ0n) is 10.2. The molecule has 2 aromatic rings. The standard InChI is InChI=1S/C13H13BrClN3O/c14-10-6-8(3-4-11(10)15)13-17-12(18-19-13)9-2-1-5-16-7-9/h3-4,6,9,16H,1-2,5,7H2. The lowest BCUT2D eigenvalue weighted by molar-refractivity contribution is 0.393. The number of halogens is 2. The Bertz CT molecular complexity index is 581. The van der Waals surface area contributed by atoms with Crippen molar-refractivity contribution in [1.82, 2.24) is 15.5 Å². The van der Waals surface area contributed by atoms with Crippen molar-refractivity contribution in [1.29, 1.82) is 0 Å². The van der Waals surface area contributed by atoms with Gasteiger partial charge in [-0.3, -0.25) is 0 Å². The van der Waals surface area contributed by atoms with Crippen molar-refractivity contribution in [2.75, 3.05) is 13.1 Å². The van der Waals surface area contributed by atoms with Gasteiger partial charge in [-0.1, -0.05) is 16.8 Å². The fourth-order valence-electron chi connectivity index (χ4n) is 2.22. The molecule has 1 unspecified atom stereocenters. The minimum Gasteiger partial charge on any atom is -0.334 e. The third-order valence-electron chi connectivity index (χ3n) is 3.27. The number of hydrogen-bond donors (Lipinski definition) is 1. The number of benzene rings is 1. The van der Waals surface area contributed by atoms with Gasteiger partial charge >= 0.3 is 0 Å². The second-order valence-corrected chi connectivity index (χ2v) is 5.89. The van der Waals surface area contributed by atoms with Gasteiger partial charge in [0.05, 0.1) is 5.02 Å². The smallest absolute Gasteiger partial charge is 0.257 e. The van der Waals surface area contributed by atoms with Crippen LogP contribution in [0.5, 0.6) is 0 Å². The highest BCUT2D eigenvalue weighted by atomic mass is 79.9. The Labute approximate surface area is 124 Å². The van der Waals surface area contributed by atoms with E-state index in [9.17, 15) is 0 Å². The maximum atomic E-state index is 5.97. The Balaban J connectivity index is 1.85. The van der Waals surface area contributed by atoms with Crippen LogP contribution < -0.4 is 5.32 Å². The third kappa shape index (κ3) is 2.83. The molecule has 3 rings (SSSR count). The molecule has 0 amide bonds. The van der Waals surface area contributed by atoms with Gasteiger partial charge in [0, 0.05) is 22.5 Å². The SMILES string of the molecule is Clc1ccc(-c2nc(C3CCCNC3)no2)cc1Br. The van der Waals surface area contributed by atoms with Gasteiger partial charge in [0.2, 0.25) is 0 Å². The highest BCUT2D eigenvalue weighted by Crippen LogP contribution is 2.29. The summed E-state index contributed by atoms with van der Waals surface area (Å²) in [5.41, 5.74) is 0.874. The zero-order chi connectivity index (χ0) is 13.2. The molecule has 100 valence electrons. The summed E-state index contributed by atoms with van der Waals surface area (Å²) in [6.45, 7) is 1.99. The second kappa shape index (κ2) is 5.61. The number of piperidine rings is 1. The lowest BCUT2D eigenvalue weighted by Crippen LogP contribution is -2.28. The van der Waals surface area contributed by atoms with Crippen molar-refractivity contribution in [3.63, 3.8) is 0 Å². The minimum atomic E-state index is 0.349. The normalized spacial score (nSPS) is 19.6. The topological polar surface area (TPSA) is 51.0 Å². The van der Waals surface area contributed by atoms with Crippen molar-refractivity contribution in [3.05, 3.63) is 33.5 Å². The summed E-state index contributed by atoms with van der Waals surface area (Å²) in [6.07, 6.45) is 2.26. The van der Waals surface area contributed by atoms with Crippen LogP contribution in [-0.4, -0.2) is 23.2 Å². The molecule has 0 spiro atoms. The van der Waals surface area contributed by atoms with Gasteiger partial charge in [-0.2, -0.15) is 4.98 Å². The van der Waals surface area contributed by atoms with E-state index >= 15 is 0 Å². The van der Waals surface area contributed by atoms with Gasteiger partial charge in [0.1, 0.15) is 0 Å². The summed E-state index contributed by atoms with van der Waals surface area (Å²) in [4.78, 5) is 4.49. The summed E-state index contributed by atoms with van der Waals surface area (Å²) >= 11 is 9.37. The molecule has 0 aliphatic carbocycles. The van der Waals surface area contributed by atoms with Gasteiger partial charge in [-0.15, -0.1) is 0 Å². The monoisotopic (exact) mass is 341 g/mol. The summed E-state index contributed by atoms with van der Waals surface area (Å²) in [7, 11) is 0. The second-order valence-electron chi connectivity index (χ2n) is 4.63. The van der Waals surface area contributed by atoms with Crippen molar-refractivity contribution in [2.45, 2.75) is 18.8 Å². The van der Waals surface area contributed by atoms with E-state index in [4.69, 9.17) is 16.1 Å². The molecular formula is C13H13BrClN3O. The first-order valence-electron chi connectivity index (χ1n) is 6.24. The molecule has 1 N–H and O–H groups in total. The van der Waals surface area contributed by atoms with Crippen LogP contribution in [0.4, 0.5) is 0 Å². The van der Waals surface area contributed by atoms with Gasteiger partial charge < -0.3 is 9.84 Å². The fourth-order valence-corrected chi connectivity index (χ4v) is 2.72. The molecule has 1 aromatic carbocycles. The van der Waals surface area contributed by atoms with E-state index < -0.39 is 0 Å². The van der Waals surface area contributed by atoms with Crippen LogP contribution in [-0.2, 0) is 0 Å². The van der Waals surface area contributed by atoms with Crippen LogP contribution in [0.1, 0.15) is 24.6 Å². The fraction of sp³-hybridized carbons (Fsp3) is 0.385. The molecular weight excluding hydrogens is 330 g/mol. The molecule has 1 aliphatic heterocycles. The van der Waals surface area contributed by atoms with E-state index in [0.717, 1.165) is 41.8 Å². The van der Waals surface area contributed by atoms with E-state index in [1.165, 1.54) is 0 Å². The average Bonchev–Trinajstić information content (AvgIpc) is 2.93. The van der Waals surface area contributed by atoms with Gasteiger partial charge in [-0.25, -0.2) is 0 Å². The van der Waals surface area contributed by atoms with Crippen LogP contribution in [0.3, 0.4) is 0 Å². The lowest BCUT2D eigenvalue weighted by atomic mass is 9.99. The average molecular weight is 343 g/mol. The van der Waals surface area contributed by atoms with E-state index in [0.29, 0.717) is 16.8 Å². The van der Waals surface area contributed by atoms with E-state index in [1.54, 1.807) is 0 Å². The lowest BCUT2D eigenvalue weighted by Gasteiger charge is -2.19. The molecule has 4 nitrogen and oxygen atoms in total. The molecule has 0 saturated carbocycles. The summed E-state index contributed by atoms with van der Waals surface area (Å²) in [5, 5.41) is 8.11. The molecule has 1 fully saturated rings. The quantitative estimate of drug-likeness (QED) is 0.905. The van der Waals surface area contributed by atoms with Gasteiger partial charge in [0.25, 0.3) is 5.89 Å². The molecule has 0 bridgehead atoms. The van der Waals surface area contributed by atoms with Crippen molar-refractivity contribution in [2.24, 2.45) is 0 Å². The number of nitrogens with zero attached hydrogens (tertiary/aromatic N) is 2. The number of aromatic nitrogens is 2. The predicted molar refractivity (Wildman–Crippen MR) is 77.3 cm³/mol. The van der Waals surface area contributed by atoms with Crippen molar-refractivity contribution >= 4 is 27.5 Å². The Morgan fingerprint density at radius 2 is 2.32 bits per heavy atom. The van der Waals surface area contributed by atoms with E-state index in [2.05, 4.69) is 31.4 Å².